The topological polar surface area (TPSA) is 63.7 Å². The van der Waals surface area contributed by atoms with Gasteiger partial charge < -0.3 is 4.74 Å². The van der Waals surface area contributed by atoms with Gasteiger partial charge in [0.2, 0.25) is 0 Å². The van der Waals surface area contributed by atoms with Crippen molar-refractivity contribution in [1.82, 2.24) is 0 Å². The van der Waals surface area contributed by atoms with Gasteiger partial charge in [0.25, 0.3) is 11.8 Å². The van der Waals surface area contributed by atoms with Crippen molar-refractivity contribution in [2.24, 2.45) is 0 Å². The number of fused-ring (bicyclic) bond motifs is 1. The lowest BCUT2D eigenvalue weighted by molar-refractivity contribution is 0.0498. The highest BCUT2D eigenvalue weighted by Crippen LogP contribution is 2.30. The summed E-state index contributed by atoms with van der Waals surface area (Å²) >= 11 is 5.96. The molecule has 1 heterocycles. The molecule has 3 rings (SSSR count). The average molecular weight is 372 g/mol. The van der Waals surface area contributed by atoms with Crippen molar-refractivity contribution < 1.29 is 19.1 Å². The monoisotopic (exact) mass is 371 g/mol. The lowest BCUT2D eigenvalue weighted by Crippen LogP contribution is -2.29. The average Bonchev–Trinajstić information content (AvgIpc) is 2.89. The predicted molar refractivity (Wildman–Crippen MR) is 98.8 cm³/mol. The van der Waals surface area contributed by atoms with Crippen LogP contribution in [0.15, 0.2) is 42.5 Å². The van der Waals surface area contributed by atoms with E-state index in [1.807, 2.05) is 0 Å². The quantitative estimate of drug-likeness (QED) is 0.426. The number of carbonyl (C=O) groups excluding carboxylic acids is 3. The minimum absolute atomic E-state index is 0.193. The van der Waals surface area contributed by atoms with Gasteiger partial charge in [0, 0.05) is 5.02 Å². The highest BCUT2D eigenvalue weighted by atomic mass is 35.5. The Morgan fingerprint density at radius 1 is 1.04 bits per heavy atom. The highest BCUT2D eigenvalue weighted by molar-refractivity contribution is 6.35. The van der Waals surface area contributed by atoms with Gasteiger partial charge in [-0.15, -0.1) is 0 Å². The van der Waals surface area contributed by atoms with Gasteiger partial charge >= 0.3 is 5.97 Å². The zero-order chi connectivity index (χ0) is 18.7. The third kappa shape index (κ3) is 3.48. The third-order valence-corrected chi connectivity index (χ3v) is 4.40. The third-order valence-electron chi connectivity index (χ3n) is 4.17. The van der Waals surface area contributed by atoms with E-state index in [4.69, 9.17) is 16.3 Å². The second-order valence-electron chi connectivity index (χ2n) is 6.03. The molecule has 1 aliphatic heterocycles. The number of hydrogen-bond donors (Lipinski definition) is 0. The number of amides is 2. The summed E-state index contributed by atoms with van der Waals surface area (Å²) in [6.45, 7) is 2.40. The normalized spacial score (nSPS) is 13.1. The molecule has 134 valence electrons. The van der Waals surface area contributed by atoms with Gasteiger partial charge in [0.05, 0.1) is 29.0 Å². The number of ether oxygens (including phenoxy) is 1. The van der Waals surface area contributed by atoms with E-state index in [0.29, 0.717) is 17.3 Å². The van der Waals surface area contributed by atoms with E-state index >= 15 is 0 Å². The largest absolute Gasteiger partial charge is 0.462 e. The van der Waals surface area contributed by atoms with Crippen molar-refractivity contribution in [3.63, 3.8) is 0 Å². The number of hydrogen-bond acceptors (Lipinski definition) is 4. The molecule has 2 aromatic rings. The molecule has 26 heavy (non-hydrogen) atoms. The number of anilines is 1. The van der Waals surface area contributed by atoms with E-state index in [1.54, 1.807) is 24.3 Å². The molecule has 0 unspecified atom stereocenters. The first-order chi connectivity index (χ1) is 12.5. The molecular weight excluding hydrogens is 354 g/mol. The maximum Gasteiger partial charge on any atom is 0.338 e. The first kappa shape index (κ1) is 18.1. The highest BCUT2D eigenvalue weighted by Gasteiger charge is 2.37. The van der Waals surface area contributed by atoms with E-state index in [1.165, 1.54) is 18.2 Å². The zero-order valence-electron chi connectivity index (χ0n) is 14.3. The van der Waals surface area contributed by atoms with Crippen molar-refractivity contribution in [2.45, 2.75) is 26.2 Å². The molecule has 0 bridgehead atoms. The molecule has 0 fully saturated rings. The van der Waals surface area contributed by atoms with E-state index < -0.39 is 17.8 Å². The van der Waals surface area contributed by atoms with Gasteiger partial charge in [-0.25, -0.2) is 9.69 Å². The van der Waals surface area contributed by atoms with E-state index in [2.05, 4.69) is 6.92 Å². The molecule has 0 saturated carbocycles. The molecule has 0 spiro atoms. The zero-order valence-corrected chi connectivity index (χ0v) is 15.1. The number of rotatable bonds is 6. The van der Waals surface area contributed by atoms with E-state index in [9.17, 15) is 14.4 Å². The summed E-state index contributed by atoms with van der Waals surface area (Å²) in [6.07, 6.45) is 2.82. The molecule has 0 radical (unpaired) electrons. The Hall–Kier alpha value is -2.66. The summed E-state index contributed by atoms with van der Waals surface area (Å²) in [4.78, 5) is 38.5. The Morgan fingerprint density at radius 3 is 2.54 bits per heavy atom. The number of unbranched alkanes of at least 4 members (excludes halogenated alkanes) is 2. The molecule has 0 aliphatic carbocycles. The van der Waals surface area contributed by atoms with Crippen molar-refractivity contribution in [3.05, 3.63) is 64.2 Å². The maximum atomic E-state index is 12.7. The van der Waals surface area contributed by atoms with Crippen LogP contribution in [0.4, 0.5) is 5.69 Å². The molecule has 6 heteroatoms. The second-order valence-corrected chi connectivity index (χ2v) is 6.47. The number of halogens is 1. The van der Waals surface area contributed by atoms with Crippen LogP contribution >= 0.6 is 11.6 Å². The maximum absolute atomic E-state index is 12.7. The predicted octanol–water partition coefficient (Wildman–Crippen LogP) is 4.49. The SMILES string of the molecule is CCCCCOC(=O)c1ccc2c(c1)C(=O)N(c1cccc(Cl)c1)C2=O. The minimum Gasteiger partial charge on any atom is -0.462 e. The van der Waals surface area contributed by atoms with Crippen LogP contribution in [0.1, 0.15) is 57.3 Å². The molecule has 0 aromatic heterocycles. The summed E-state index contributed by atoms with van der Waals surface area (Å²) in [7, 11) is 0. The standard InChI is InChI=1S/C20H18ClNO4/c1-2-3-4-10-26-20(25)13-8-9-16-17(11-13)19(24)22(18(16)23)15-7-5-6-14(21)12-15/h5-9,11-12H,2-4,10H2,1H3. The number of benzene rings is 2. The van der Waals surface area contributed by atoms with Gasteiger partial charge in [-0.1, -0.05) is 37.4 Å². The summed E-state index contributed by atoms with van der Waals surface area (Å²) < 4.78 is 5.21. The fraction of sp³-hybridized carbons (Fsp3) is 0.250. The van der Waals surface area contributed by atoms with Crippen LogP contribution in [-0.2, 0) is 4.74 Å². The Balaban J connectivity index is 1.83. The minimum atomic E-state index is -0.495. The van der Waals surface area contributed by atoms with E-state index in [0.717, 1.165) is 24.2 Å². The molecule has 0 saturated heterocycles. The van der Waals surface area contributed by atoms with Crippen LogP contribution in [0, 0.1) is 0 Å². The van der Waals surface area contributed by atoms with Gasteiger partial charge in [0.1, 0.15) is 0 Å². The Kier molecular flexibility index (Phi) is 5.38. The molecule has 2 amide bonds. The van der Waals surface area contributed by atoms with Crippen LogP contribution < -0.4 is 4.90 Å². The first-order valence-corrected chi connectivity index (χ1v) is 8.86. The van der Waals surface area contributed by atoms with Gasteiger partial charge in [-0.05, 0) is 42.8 Å². The fourth-order valence-electron chi connectivity index (χ4n) is 2.82. The smallest absolute Gasteiger partial charge is 0.338 e. The molecule has 0 atom stereocenters. The molecule has 0 N–H and O–H groups in total. The lowest BCUT2D eigenvalue weighted by Gasteiger charge is -2.13. The van der Waals surface area contributed by atoms with Crippen LogP contribution in [0.25, 0.3) is 0 Å². The number of imide groups is 1. The fourth-order valence-corrected chi connectivity index (χ4v) is 3.00. The van der Waals surface area contributed by atoms with Crippen molar-refractivity contribution >= 4 is 35.1 Å². The Bertz CT molecular complexity index is 878. The van der Waals surface area contributed by atoms with Gasteiger partial charge in [-0.3, -0.25) is 9.59 Å². The summed E-state index contributed by atoms with van der Waals surface area (Å²) in [5.41, 5.74) is 1.11. The lowest BCUT2D eigenvalue weighted by atomic mass is 10.1. The summed E-state index contributed by atoms with van der Waals surface area (Å²) in [5, 5.41) is 0.426. The van der Waals surface area contributed by atoms with Crippen LogP contribution in [0.3, 0.4) is 0 Å². The number of carbonyl (C=O) groups is 3. The van der Waals surface area contributed by atoms with Gasteiger partial charge in [0.15, 0.2) is 0 Å². The first-order valence-electron chi connectivity index (χ1n) is 8.48. The van der Waals surface area contributed by atoms with Crippen molar-refractivity contribution in [3.8, 4) is 0 Å². The summed E-state index contributed by atoms with van der Waals surface area (Å²) in [6, 6.07) is 10.9. The van der Waals surface area contributed by atoms with Crippen molar-refractivity contribution in [1.29, 1.82) is 0 Å². The summed E-state index contributed by atoms with van der Waals surface area (Å²) in [5.74, 6) is -1.41. The van der Waals surface area contributed by atoms with Crippen LogP contribution in [0.5, 0.6) is 0 Å². The van der Waals surface area contributed by atoms with Crippen molar-refractivity contribution in [2.75, 3.05) is 11.5 Å². The molecule has 1 aliphatic rings. The second kappa shape index (κ2) is 7.70. The Labute approximate surface area is 156 Å². The number of nitrogens with zero attached hydrogens (tertiary/aromatic N) is 1. The number of esters is 1. The van der Waals surface area contributed by atoms with Crippen LogP contribution in [-0.4, -0.2) is 24.4 Å². The Morgan fingerprint density at radius 2 is 1.81 bits per heavy atom. The molecule has 5 nitrogen and oxygen atoms in total. The van der Waals surface area contributed by atoms with Gasteiger partial charge in [-0.2, -0.15) is 0 Å². The van der Waals surface area contributed by atoms with E-state index in [-0.39, 0.29) is 16.7 Å². The molecular formula is C20H18ClNO4. The van der Waals surface area contributed by atoms with Crippen LogP contribution in [0.2, 0.25) is 5.02 Å². The molecule has 2 aromatic carbocycles.